The van der Waals surface area contributed by atoms with E-state index in [2.05, 4.69) is 11.3 Å². The quantitative estimate of drug-likeness (QED) is 0.777. The smallest absolute Gasteiger partial charge is 0.382 e. The van der Waals surface area contributed by atoms with Crippen molar-refractivity contribution in [1.82, 2.24) is 4.72 Å². The number of nitrogens with one attached hydrogen (secondary N) is 1. The van der Waals surface area contributed by atoms with Gasteiger partial charge in [-0.05, 0) is 39.0 Å². The molecule has 2 rings (SSSR count). The summed E-state index contributed by atoms with van der Waals surface area (Å²) in [4.78, 5) is 0. The van der Waals surface area contributed by atoms with Crippen LogP contribution in [0.15, 0.2) is 30.9 Å². The fourth-order valence-corrected chi connectivity index (χ4v) is 3.01. The van der Waals surface area contributed by atoms with E-state index in [0.717, 1.165) is 5.56 Å². The summed E-state index contributed by atoms with van der Waals surface area (Å²) < 4.78 is 42.1. The zero-order chi connectivity index (χ0) is 16.4. The van der Waals surface area contributed by atoms with E-state index in [1.807, 2.05) is 20.8 Å². The summed E-state index contributed by atoms with van der Waals surface area (Å²) in [5.74, 6) is 0.899. The number of hydrogen-bond acceptors (Lipinski definition) is 5. The highest BCUT2D eigenvalue weighted by Crippen LogP contribution is 2.44. The number of hydrogen-bond donors (Lipinski definition) is 1. The van der Waals surface area contributed by atoms with Gasteiger partial charge in [0.1, 0.15) is 11.5 Å². The number of rotatable bonds is 7. The van der Waals surface area contributed by atoms with Crippen LogP contribution < -0.4 is 13.6 Å². The van der Waals surface area contributed by atoms with Crippen molar-refractivity contribution in [3.8, 4) is 11.5 Å². The summed E-state index contributed by atoms with van der Waals surface area (Å²) in [6.07, 6.45) is 1.03. The van der Waals surface area contributed by atoms with Crippen molar-refractivity contribution >= 4 is 10.3 Å². The van der Waals surface area contributed by atoms with Gasteiger partial charge < -0.3 is 13.7 Å². The Hall–Kier alpha value is -1.57. The largest absolute Gasteiger partial charge is 0.464 e. The maximum Gasteiger partial charge on any atom is 0.382 e. The molecular formula is C15H21NO5S. The van der Waals surface area contributed by atoms with Gasteiger partial charge in [-0.25, -0.2) is 0 Å². The lowest BCUT2D eigenvalue weighted by Crippen LogP contribution is -2.34. The van der Waals surface area contributed by atoms with Gasteiger partial charge in [0.2, 0.25) is 6.29 Å². The molecule has 0 spiro atoms. The molecule has 0 fully saturated rings. The lowest BCUT2D eigenvalue weighted by molar-refractivity contribution is -0.0981. The Balaban J connectivity index is 2.23. The highest BCUT2D eigenvalue weighted by atomic mass is 32.2. The van der Waals surface area contributed by atoms with Crippen LogP contribution in [0.4, 0.5) is 0 Å². The van der Waals surface area contributed by atoms with Crippen molar-refractivity contribution in [3.63, 3.8) is 0 Å². The Morgan fingerprint density at radius 3 is 2.82 bits per heavy atom. The lowest BCUT2D eigenvalue weighted by atomic mass is 9.85. The summed E-state index contributed by atoms with van der Waals surface area (Å²) in [5.41, 5.74) is 0.450. The van der Waals surface area contributed by atoms with Crippen molar-refractivity contribution in [3.05, 3.63) is 36.4 Å². The second kappa shape index (κ2) is 6.28. The fraction of sp³-hybridized carbons (Fsp3) is 0.467. The van der Waals surface area contributed by atoms with Crippen LogP contribution in [0.1, 0.15) is 26.3 Å². The van der Waals surface area contributed by atoms with E-state index in [1.165, 1.54) is 6.08 Å². The molecule has 0 saturated carbocycles. The van der Waals surface area contributed by atoms with Gasteiger partial charge in [0.05, 0.1) is 5.41 Å². The highest BCUT2D eigenvalue weighted by molar-refractivity contribution is 7.85. The molecule has 122 valence electrons. The predicted octanol–water partition coefficient (Wildman–Crippen LogP) is 2.12. The standard InChI is InChI=1S/C15H21NO5S/c1-5-9-16-22(17,18)21-11-7-8-13-12(10-11)15(3,4)14(20-13)19-6-2/h5,7-8,10,14,16H,1,6,9H2,2-4H3. The average Bonchev–Trinajstić information content (AvgIpc) is 2.69. The lowest BCUT2D eigenvalue weighted by Gasteiger charge is -2.25. The molecule has 0 saturated heterocycles. The third-order valence-electron chi connectivity index (χ3n) is 3.40. The van der Waals surface area contributed by atoms with Crippen molar-refractivity contribution in [2.75, 3.05) is 13.2 Å². The van der Waals surface area contributed by atoms with Crippen LogP contribution >= 0.6 is 0 Å². The maximum absolute atomic E-state index is 11.8. The maximum atomic E-state index is 11.8. The van der Waals surface area contributed by atoms with Crippen molar-refractivity contribution in [2.45, 2.75) is 32.5 Å². The minimum Gasteiger partial charge on any atom is -0.464 e. The molecule has 1 aliphatic heterocycles. The second-order valence-electron chi connectivity index (χ2n) is 5.46. The van der Waals surface area contributed by atoms with Crippen LogP contribution in [-0.2, 0) is 20.5 Å². The first-order chi connectivity index (χ1) is 10.3. The van der Waals surface area contributed by atoms with Crippen LogP contribution in [-0.4, -0.2) is 27.9 Å². The first-order valence-corrected chi connectivity index (χ1v) is 8.43. The molecule has 22 heavy (non-hydrogen) atoms. The van der Waals surface area contributed by atoms with E-state index in [4.69, 9.17) is 13.7 Å². The van der Waals surface area contributed by atoms with Crippen LogP contribution in [0.3, 0.4) is 0 Å². The Morgan fingerprint density at radius 2 is 2.18 bits per heavy atom. The minimum absolute atomic E-state index is 0.105. The molecule has 1 aromatic carbocycles. The van der Waals surface area contributed by atoms with E-state index in [0.29, 0.717) is 12.4 Å². The summed E-state index contributed by atoms with van der Waals surface area (Å²) in [6.45, 7) is 9.95. The van der Waals surface area contributed by atoms with Crippen molar-refractivity contribution in [1.29, 1.82) is 0 Å². The molecule has 1 atom stereocenters. The SMILES string of the molecule is C=CCNS(=O)(=O)Oc1ccc2c(c1)C(C)(C)C(OCC)O2. The highest BCUT2D eigenvalue weighted by Gasteiger charge is 2.42. The van der Waals surface area contributed by atoms with Crippen LogP contribution in [0.2, 0.25) is 0 Å². The third kappa shape index (κ3) is 3.43. The van der Waals surface area contributed by atoms with Crippen LogP contribution in [0.25, 0.3) is 0 Å². The van der Waals surface area contributed by atoms with Crippen molar-refractivity contribution in [2.24, 2.45) is 0 Å². The summed E-state index contributed by atoms with van der Waals surface area (Å²) >= 11 is 0. The van der Waals surface area contributed by atoms with Gasteiger partial charge in [-0.3, -0.25) is 0 Å². The fourth-order valence-electron chi connectivity index (χ4n) is 2.27. The van der Waals surface area contributed by atoms with Gasteiger partial charge in [0, 0.05) is 18.7 Å². The molecular weight excluding hydrogens is 306 g/mol. The van der Waals surface area contributed by atoms with E-state index in [9.17, 15) is 8.42 Å². The zero-order valence-corrected chi connectivity index (χ0v) is 13.8. The zero-order valence-electron chi connectivity index (χ0n) is 13.0. The second-order valence-corrected chi connectivity index (χ2v) is 6.82. The molecule has 0 amide bonds. The molecule has 7 heteroatoms. The molecule has 0 aromatic heterocycles. The Bertz CT molecular complexity index is 654. The number of fused-ring (bicyclic) bond motifs is 1. The monoisotopic (exact) mass is 327 g/mol. The molecule has 1 unspecified atom stereocenters. The van der Waals surface area contributed by atoms with E-state index < -0.39 is 22.0 Å². The Morgan fingerprint density at radius 1 is 1.45 bits per heavy atom. The topological polar surface area (TPSA) is 73.9 Å². The van der Waals surface area contributed by atoms with Crippen LogP contribution in [0.5, 0.6) is 11.5 Å². The molecule has 1 aromatic rings. The summed E-state index contributed by atoms with van der Waals surface area (Å²) in [6, 6.07) is 4.91. The Kier molecular flexibility index (Phi) is 4.79. The van der Waals surface area contributed by atoms with Gasteiger partial charge in [0.15, 0.2) is 0 Å². The molecule has 1 heterocycles. The van der Waals surface area contributed by atoms with Gasteiger partial charge in [-0.2, -0.15) is 13.1 Å². The molecule has 0 aliphatic carbocycles. The first-order valence-electron chi connectivity index (χ1n) is 7.03. The molecule has 1 aliphatic rings. The molecule has 0 radical (unpaired) electrons. The van der Waals surface area contributed by atoms with Crippen LogP contribution in [0, 0.1) is 0 Å². The van der Waals surface area contributed by atoms with Gasteiger partial charge in [-0.1, -0.05) is 6.08 Å². The minimum atomic E-state index is -3.87. The number of ether oxygens (including phenoxy) is 2. The summed E-state index contributed by atoms with van der Waals surface area (Å²) in [7, 11) is -3.87. The normalized spacial score (nSPS) is 19.3. The third-order valence-corrected chi connectivity index (χ3v) is 4.33. The Labute approximate surface area is 131 Å². The average molecular weight is 327 g/mol. The van der Waals surface area contributed by atoms with Crippen molar-refractivity contribution < 1.29 is 22.1 Å². The van der Waals surface area contributed by atoms with E-state index in [1.54, 1.807) is 18.2 Å². The van der Waals surface area contributed by atoms with E-state index in [-0.39, 0.29) is 12.3 Å². The predicted molar refractivity (Wildman–Crippen MR) is 83.3 cm³/mol. The van der Waals surface area contributed by atoms with Gasteiger partial charge in [-0.15, -0.1) is 6.58 Å². The first kappa shape index (κ1) is 16.8. The molecule has 1 N–H and O–H groups in total. The molecule has 0 bridgehead atoms. The van der Waals surface area contributed by atoms with Gasteiger partial charge >= 0.3 is 10.3 Å². The number of benzene rings is 1. The van der Waals surface area contributed by atoms with Gasteiger partial charge in [0.25, 0.3) is 0 Å². The van der Waals surface area contributed by atoms with E-state index >= 15 is 0 Å². The molecule has 6 nitrogen and oxygen atoms in total. The summed E-state index contributed by atoms with van der Waals surface area (Å²) in [5, 5.41) is 0.